The van der Waals surface area contributed by atoms with Crippen LogP contribution in [0.3, 0.4) is 0 Å². The van der Waals surface area contributed by atoms with E-state index in [-0.39, 0.29) is 23.0 Å². The molecule has 2 amide bonds. The van der Waals surface area contributed by atoms with E-state index in [1.54, 1.807) is 24.3 Å². The number of rotatable bonds is 6. The summed E-state index contributed by atoms with van der Waals surface area (Å²) >= 11 is 0. The molecule has 1 aromatic heterocycles. The Balaban J connectivity index is 1.87. The van der Waals surface area contributed by atoms with E-state index in [1.165, 1.54) is 48.4 Å². The highest BCUT2D eigenvalue weighted by molar-refractivity contribution is 6.01. The molecule has 2 heterocycles. The zero-order valence-electron chi connectivity index (χ0n) is 17.4. The minimum Gasteiger partial charge on any atom is -0.478 e. The quantitative estimate of drug-likeness (QED) is 0.454. The van der Waals surface area contributed by atoms with Crippen LogP contribution in [0.25, 0.3) is 0 Å². The van der Waals surface area contributed by atoms with Gasteiger partial charge in [0.25, 0.3) is 0 Å². The number of benzene rings is 2. The molecule has 1 aliphatic rings. The largest absolute Gasteiger partial charge is 0.478 e. The monoisotopic (exact) mass is 449 g/mol. The number of amides is 2. The van der Waals surface area contributed by atoms with Gasteiger partial charge >= 0.3 is 5.97 Å². The third-order valence-corrected chi connectivity index (χ3v) is 5.24. The average Bonchev–Trinajstić information content (AvgIpc) is 3.14. The first-order valence-corrected chi connectivity index (χ1v) is 9.95. The van der Waals surface area contributed by atoms with Crippen LogP contribution in [-0.2, 0) is 9.59 Å². The Morgan fingerprint density at radius 3 is 2.36 bits per heavy atom. The summed E-state index contributed by atoms with van der Waals surface area (Å²) in [5.41, 5.74) is 7.50. The fourth-order valence-corrected chi connectivity index (χ4v) is 3.90. The minimum absolute atomic E-state index is 0.0711. The molecule has 0 aliphatic carbocycles. The van der Waals surface area contributed by atoms with Gasteiger partial charge in [0, 0.05) is 18.8 Å². The summed E-state index contributed by atoms with van der Waals surface area (Å²) in [6.07, 6.45) is 0.600. The normalized spacial score (nSPS) is 15.3. The molecule has 10 heteroatoms. The molecule has 0 fully saturated rings. The zero-order valence-corrected chi connectivity index (χ0v) is 17.4. The van der Waals surface area contributed by atoms with Crippen molar-refractivity contribution in [3.8, 4) is 0 Å². The topological polar surface area (TPSA) is 138 Å². The fourth-order valence-electron chi connectivity index (χ4n) is 3.90. The molecule has 4 rings (SSSR count). The van der Waals surface area contributed by atoms with E-state index >= 15 is 0 Å². The van der Waals surface area contributed by atoms with Crippen LogP contribution in [0.5, 0.6) is 0 Å². The van der Waals surface area contributed by atoms with E-state index in [0.29, 0.717) is 16.8 Å². The highest BCUT2D eigenvalue weighted by Gasteiger charge is 2.41. The number of pyridine rings is 1. The number of nitrogens with one attached hydrogen (secondary N) is 2. The van der Waals surface area contributed by atoms with Crippen molar-refractivity contribution in [2.45, 2.75) is 19.1 Å². The van der Waals surface area contributed by atoms with Gasteiger partial charge in [0.2, 0.25) is 11.8 Å². The molecule has 0 radical (unpaired) electrons. The van der Waals surface area contributed by atoms with Gasteiger partial charge in [0.15, 0.2) is 5.82 Å². The lowest BCUT2D eigenvalue weighted by Crippen LogP contribution is -2.40. The summed E-state index contributed by atoms with van der Waals surface area (Å²) in [5, 5.41) is 15.6. The molecule has 33 heavy (non-hydrogen) atoms. The Labute approximate surface area is 188 Å². The van der Waals surface area contributed by atoms with Crippen LogP contribution < -0.4 is 21.3 Å². The van der Waals surface area contributed by atoms with Crippen LogP contribution in [0.1, 0.15) is 40.6 Å². The number of nitrogens with two attached hydrogens (primary N) is 1. The molecule has 1 aliphatic heterocycles. The number of hydrogen-bond donors (Lipinski definition) is 4. The zero-order chi connectivity index (χ0) is 23.7. The van der Waals surface area contributed by atoms with Gasteiger partial charge in [-0.2, -0.15) is 0 Å². The third kappa shape index (κ3) is 4.18. The second kappa shape index (κ2) is 8.58. The number of carbonyl (C=O) groups excluding carboxylic acids is 2. The van der Waals surface area contributed by atoms with Gasteiger partial charge in [-0.25, -0.2) is 14.2 Å². The second-order valence-electron chi connectivity index (χ2n) is 7.47. The van der Waals surface area contributed by atoms with Crippen molar-refractivity contribution in [2.75, 3.05) is 15.5 Å². The Morgan fingerprint density at radius 1 is 1.12 bits per heavy atom. The Morgan fingerprint density at radius 2 is 1.79 bits per heavy atom. The summed E-state index contributed by atoms with van der Waals surface area (Å²) < 4.78 is 13.6. The van der Waals surface area contributed by atoms with Gasteiger partial charge < -0.3 is 26.4 Å². The Hall–Kier alpha value is -4.47. The van der Waals surface area contributed by atoms with Crippen LogP contribution in [0.2, 0.25) is 0 Å². The van der Waals surface area contributed by atoms with Gasteiger partial charge in [-0.3, -0.25) is 9.59 Å². The lowest BCUT2D eigenvalue weighted by molar-refractivity contribution is -0.119. The minimum atomic E-state index is -1.20. The van der Waals surface area contributed by atoms with Crippen LogP contribution >= 0.6 is 0 Å². The summed E-state index contributed by atoms with van der Waals surface area (Å²) in [7, 11) is 0. The van der Waals surface area contributed by atoms with Crippen LogP contribution in [0.4, 0.5) is 21.6 Å². The maximum Gasteiger partial charge on any atom is 0.338 e. The number of carbonyl (C=O) groups is 3. The molecular weight excluding hydrogens is 429 g/mol. The lowest BCUT2D eigenvalue weighted by Gasteiger charge is -2.34. The van der Waals surface area contributed by atoms with Crippen LogP contribution in [-0.4, -0.2) is 27.9 Å². The van der Waals surface area contributed by atoms with Gasteiger partial charge in [-0.15, -0.1) is 0 Å². The molecule has 5 N–H and O–H groups in total. The molecule has 0 spiro atoms. The molecule has 168 valence electrons. The van der Waals surface area contributed by atoms with E-state index in [1.807, 2.05) is 0 Å². The van der Waals surface area contributed by atoms with E-state index in [9.17, 15) is 23.9 Å². The van der Waals surface area contributed by atoms with Crippen LogP contribution in [0.15, 0.2) is 60.8 Å². The second-order valence-corrected chi connectivity index (χ2v) is 7.47. The first kappa shape index (κ1) is 21.8. The first-order chi connectivity index (χ1) is 15.8. The Kier molecular flexibility index (Phi) is 5.65. The molecule has 0 saturated carbocycles. The summed E-state index contributed by atoms with van der Waals surface area (Å²) in [6, 6.07) is 12.3. The number of carboxylic acid groups (broad SMARTS) is 1. The lowest BCUT2D eigenvalue weighted by atomic mass is 10.0. The SMILES string of the molecule is CC(=O)Nc1ccc(C(C(N)=O)N2c3c(C(=O)O)ccnc3NC2c2ccc(F)cc2)cc1. The van der Waals surface area contributed by atoms with Crippen LogP contribution in [0, 0.1) is 5.82 Å². The maximum atomic E-state index is 13.6. The molecule has 3 aromatic rings. The fraction of sp³-hybridized carbons (Fsp3) is 0.130. The molecular formula is C23H20FN5O4. The number of anilines is 3. The smallest absolute Gasteiger partial charge is 0.338 e. The average molecular weight is 449 g/mol. The number of halogens is 1. The number of aromatic carboxylic acids is 1. The van der Waals surface area contributed by atoms with Crippen molar-refractivity contribution < 1.29 is 23.9 Å². The number of hydrogen-bond acceptors (Lipinski definition) is 6. The number of fused-ring (bicyclic) bond motifs is 1. The number of aromatic nitrogens is 1. The standard InChI is InChI=1S/C23H20FN5O4/c1-12(30)27-16-8-4-13(5-9-16)18(20(25)31)29-19-17(23(32)33)10-11-26-21(19)28-22(29)14-2-6-15(24)7-3-14/h2-11,18,22H,1H3,(H2,25,31)(H,26,28)(H,27,30)(H,32,33). The maximum absolute atomic E-state index is 13.6. The molecule has 9 nitrogen and oxygen atoms in total. The van der Waals surface area contributed by atoms with Crippen molar-refractivity contribution in [1.82, 2.24) is 4.98 Å². The molecule has 0 saturated heterocycles. The first-order valence-electron chi connectivity index (χ1n) is 9.95. The van der Waals surface area contributed by atoms with Crippen molar-refractivity contribution in [1.29, 1.82) is 0 Å². The summed E-state index contributed by atoms with van der Waals surface area (Å²) in [4.78, 5) is 41.8. The Bertz CT molecular complexity index is 1230. The molecule has 2 aromatic carbocycles. The van der Waals surface area contributed by atoms with E-state index in [4.69, 9.17) is 5.73 Å². The van der Waals surface area contributed by atoms with Crippen molar-refractivity contribution >= 4 is 35.0 Å². The third-order valence-electron chi connectivity index (χ3n) is 5.24. The molecule has 2 atom stereocenters. The molecule has 2 unspecified atom stereocenters. The van der Waals surface area contributed by atoms with E-state index in [2.05, 4.69) is 15.6 Å². The highest BCUT2D eigenvalue weighted by Crippen LogP contribution is 2.47. The van der Waals surface area contributed by atoms with Crippen molar-refractivity contribution in [2.24, 2.45) is 5.73 Å². The highest BCUT2D eigenvalue weighted by atomic mass is 19.1. The van der Waals surface area contributed by atoms with E-state index < -0.39 is 29.9 Å². The van der Waals surface area contributed by atoms with Gasteiger partial charge in [-0.1, -0.05) is 24.3 Å². The van der Waals surface area contributed by atoms with Crippen molar-refractivity contribution in [3.05, 3.63) is 83.3 Å². The van der Waals surface area contributed by atoms with E-state index in [0.717, 1.165) is 0 Å². The van der Waals surface area contributed by atoms with Gasteiger partial charge in [0.1, 0.15) is 18.0 Å². The summed E-state index contributed by atoms with van der Waals surface area (Å²) in [5.74, 6) is -2.37. The number of primary amides is 1. The van der Waals surface area contributed by atoms with Gasteiger partial charge in [-0.05, 0) is 41.5 Å². The predicted molar refractivity (Wildman–Crippen MR) is 119 cm³/mol. The van der Waals surface area contributed by atoms with Crippen molar-refractivity contribution in [3.63, 3.8) is 0 Å². The summed E-state index contributed by atoms with van der Waals surface area (Å²) in [6.45, 7) is 1.38. The number of nitrogens with zero attached hydrogens (tertiary/aromatic N) is 2. The van der Waals surface area contributed by atoms with Gasteiger partial charge in [0.05, 0.1) is 11.3 Å². The predicted octanol–water partition coefficient (Wildman–Crippen LogP) is 3.03. The molecule has 0 bridgehead atoms. The number of carboxylic acids is 1.